The predicted octanol–water partition coefficient (Wildman–Crippen LogP) is 4.11. The molecule has 2 aromatic carbocycles. The van der Waals surface area contributed by atoms with Crippen LogP contribution < -0.4 is 9.62 Å². The number of halogens is 3. The molecule has 186 valence electrons. The third kappa shape index (κ3) is 6.33. The Morgan fingerprint density at radius 3 is 2.57 bits per heavy atom. The maximum atomic E-state index is 13.2. The minimum atomic E-state index is -4.64. The van der Waals surface area contributed by atoms with Gasteiger partial charge in [0.15, 0.2) is 0 Å². The number of rotatable bonds is 6. The number of methoxy groups -OCH3 is 1. The zero-order chi connectivity index (χ0) is 25.8. The highest BCUT2D eigenvalue weighted by Crippen LogP contribution is 2.34. The molecule has 1 amide bonds. The average Bonchev–Trinajstić information content (AvgIpc) is 3.22. The van der Waals surface area contributed by atoms with Gasteiger partial charge in [0.05, 0.1) is 23.3 Å². The van der Waals surface area contributed by atoms with E-state index in [0.29, 0.717) is 30.6 Å². The first-order valence-corrected chi connectivity index (χ1v) is 12.1. The molecule has 0 spiro atoms. The van der Waals surface area contributed by atoms with Crippen LogP contribution in [-0.2, 0) is 36.9 Å². The quantitative estimate of drug-likeness (QED) is 0.360. The van der Waals surface area contributed by atoms with E-state index in [2.05, 4.69) is 21.3 Å². The van der Waals surface area contributed by atoms with Gasteiger partial charge in [-0.25, -0.2) is 8.42 Å². The van der Waals surface area contributed by atoms with Crippen LogP contribution in [0, 0.1) is 11.8 Å². The lowest BCUT2D eigenvalue weighted by atomic mass is 10.1. The van der Waals surface area contributed by atoms with Gasteiger partial charge >= 0.3 is 12.1 Å². The monoisotopic (exact) mass is 508 g/mol. The molecule has 1 N–H and O–H groups in total. The maximum Gasteiger partial charge on any atom is 0.416 e. The van der Waals surface area contributed by atoms with E-state index < -0.39 is 27.7 Å². The summed E-state index contributed by atoms with van der Waals surface area (Å²) >= 11 is 0. The van der Waals surface area contributed by atoms with Gasteiger partial charge in [-0.15, -0.1) is 0 Å². The van der Waals surface area contributed by atoms with Crippen molar-refractivity contribution < 1.29 is 35.9 Å². The van der Waals surface area contributed by atoms with Crippen molar-refractivity contribution in [2.45, 2.75) is 43.7 Å². The highest BCUT2D eigenvalue weighted by molar-refractivity contribution is 7.92. The number of hydrogen-bond acceptors (Lipinski definition) is 5. The summed E-state index contributed by atoms with van der Waals surface area (Å²) in [5, 5.41) is 0. The number of hydrogen-bond donors (Lipinski definition) is 1. The average molecular weight is 509 g/mol. The van der Waals surface area contributed by atoms with E-state index in [1.165, 1.54) is 32.2 Å². The van der Waals surface area contributed by atoms with Crippen molar-refractivity contribution in [3.63, 3.8) is 0 Å². The van der Waals surface area contributed by atoms with Crippen molar-refractivity contribution in [3.05, 3.63) is 53.1 Å². The fraction of sp³-hybridized carbons (Fsp3) is 0.333. The molecule has 0 fully saturated rings. The lowest BCUT2D eigenvalue weighted by molar-refractivity contribution is -0.140. The standard InChI is InChI=1S/C24H23F3N2O5S/c1-16(30)29-13-12-18-15-20(9-11-22(18)29)35(32,33)28-21-10-8-19(24(25,26)27)14-17(21)6-4-3-5-7-23(31)34-2/h8-11,14-15,28H,3,5,7,12-13H2,1-2H3. The Morgan fingerprint density at radius 1 is 1.17 bits per heavy atom. The van der Waals surface area contributed by atoms with Gasteiger partial charge in [-0.05, 0) is 54.8 Å². The SMILES string of the molecule is COC(=O)CCCC#Cc1cc(C(F)(F)F)ccc1NS(=O)(=O)c1ccc2c(c1)CCN2C(C)=O. The third-order valence-electron chi connectivity index (χ3n) is 5.36. The third-order valence-corrected chi connectivity index (χ3v) is 6.72. The van der Waals surface area contributed by atoms with Crippen LogP contribution in [0.2, 0.25) is 0 Å². The van der Waals surface area contributed by atoms with E-state index in [4.69, 9.17) is 0 Å². The molecule has 0 aliphatic carbocycles. The number of nitrogens with one attached hydrogen (secondary N) is 1. The summed E-state index contributed by atoms with van der Waals surface area (Å²) in [6.07, 6.45) is -3.50. The number of sulfonamides is 1. The number of carbonyl (C=O) groups excluding carboxylic acids is 2. The van der Waals surface area contributed by atoms with Crippen LogP contribution in [0.15, 0.2) is 41.3 Å². The summed E-state index contributed by atoms with van der Waals surface area (Å²) in [6.45, 7) is 1.86. The molecule has 1 aliphatic heterocycles. The van der Waals surface area contributed by atoms with Gasteiger partial charge < -0.3 is 9.64 Å². The molecule has 0 atom stereocenters. The molecule has 0 saturated carbocycles. The molecule has 11 heteroatoms. The van der Waals surface area contributed by atoms with E-state index in [9.17, 15) is 31.2 Å². The number of unbranched alkanes of at least 4 members (excludes halogenated alkanes) is 1. The molecule has 0 saturated heterocycles. The summed E-state index contributed by atoms with van der Waals surface area (Å²) in [6, 6.07) is 6.89. The summed E-state index contributed by atoms with van der Waals surface area (Å²) in [4.78, 5) is 24.4. The molecule has 1 heterocycles. The lowest BCUT2D eigenvalue weighted by Crippen LogP contribution is -2.25. The first-order valence-electron chi connectivity index (χ1n) is 10.6. The normalized spacial score (nSPS) is 13.0. The second kappa shape index (κ2) is 10.4. The van der Waals surface area contributed by atoms with E-state index in [1.54, 1.807) is 4.90 Å². The fourth-order valence-corrected chi connectivity index (χ4v) is 4.70. The molecule has 1 aliphatic rings. The summed E-state index contributed by atoms with van der Waals surface area (Å²) < 4.78 is 72.6. The smallest absolute Gasteiger partial charge is 0.416 e. The van der Waals surface area contributed by atoms with Crippen molar-refractivity contribution in [2.75, 3.05) is 23.3 Å². The van der Waals surface area contributed by atoms with E-state index in [-0.39, 0.29) is 34.9 Å². The Morgan fingerprint density at radius 2 is 1.91 bits per heavy atom. The number of anilines is 2. The van der Waals surface area contributed by atoms with Gasteiger partial charge in [-0.3, -0.25) is 14.3 Å². The van der Waals surface area contributed by atoms with Gasteiger partial charge in [-0.2, -0.15) is 13.2 Å². The summed E-state index contributed by atoms with van der Waals surface area (Å²) in [5.41, 5.74) is 0.0847. The molecule has 7 nitrogen and oxygen atoms in total. The molecular weight excluding hydrogens is 485 g/mol. The van der Waals surface area contributed by atoms with Crippen LogP contribution in [0.3, 0.4) is 0 Å². The Balaban J connectivity index is 1.88. The van der Waals surface area contributed by atoms with Crippen LogP contribution in [-0.4, -0.2) is 33.9 Å². The molecule has 0 aromatic heterocycles. The molecule has 2 aromatic rings. The largest absolute Gasteiger partial charge is 0.469 e. The van der Waals surface area contributed by atoms with Gasteiger partial charge in [0.25, 0.3) is 10.0 Å². The number of carbonyl (C=O) groups is 2. The first kappa shape index (κ1) is 26.1. The molecule has 0 unspecified atom stereocenters. The number of amides is 1. The number of alkyl halides is 3. The van der Waals surface area contributed by atoms with Crippen LogP contribution >= 0.6 is 0 Å². The molecule has 35 heavy (non-hydrogen) atoms. The number of nitrogens with zero attached hydrogens (tertiary/aromatic N) is 1. The number of fused-ring (bicyclic) bond motifs is 1. The minimum absolute atomic E-state index is 0.0847. The van der Waals surface area contributed by atoms with E-state index in [0.717, 1.165) is 18.2 Å². The first-order chi connectivity index (χ1) is 16.4. The highest BCUT2D eigenvalue weighted by atomic mass is 32.2. The Bertz CT molecular complexity index is 1310. The lowest BCUT2D eigenvalue weighted by Gasteiger charge is -2.16. The second-order valence-corrected chi connectivity index (χ2v) is 9.49. The second-order valence-electron chi connectivity index (χ2n) is 7.81. The van der Waals surface area contributed by atoms with Crippen LogP contribution in [0.25, 0.3) is 0 Å². The Labute approximate surface area is 201 Å². The van der Waals surface area contributed by atoms with Crippen LogP contribution in [0.5, 0.6) is 0 Å². The predicted molar refractivity (Wildman–Crippen MR) is 123 cm³/mol. The highest BCUT2D eigenvalue weighted by Gasteiger charge is 2.31. The van der Waals surface area contributed by atoms with E-state index >= 15 is 0 Å². The van der Waals surface area contributed by atoms with Crippen molar-refractivity contribution in [2.24, 2.45) is 0 Å². The van der Waals surface area contributed by atoms with Gasteiger partial charge in [0.2, 0.25) is 5.91 Å². The molecular formula is C24H23F3N2O5S. The van der Waals surface area contributed by atoms with Gasteiger partial charge in [-0.1, -0.05) is 11.8 Å². The van der Waals surface area contributed by atoms with E-state index in [1.807, 2.05) is 0 Å². The topological polar surface area (TPSA) is 92.8 Å². The fourth-order valence-electron chi connectivity index (χ4n) is 3.57. The molecule has 3 rings (SSSR count). The Kier molecular flexibility index (Phi) is 7.75. The molecule has 0 bridgehead atoms. The molecule has 0 radical (unpaired) electrons. The minimum Gasteiger partial charge on any atom is -0.469 e. The zero-order valence-corrected chi connectivity index (χ0v) is 19.8. The zero-order valence-electron chi connectivity index (χ0n) is 19.0. The summed E-state index contributed by atoms with van der Waals surface area (Å²) in [7, 11) is -2.91. The summed E-state index contributed by atoms with van der Waals surface area (Å²) in [5.74, 6) is 4.67. The van der Waals surface area contributed by atoms with Crippen molar-refractivity contribution >= 4 is 33.3 Å². The Hall–Kier alpha value is -3.52. The van der Waals surface area contributed by atoms with Gasteiger partial charge in [0.1, 0.15) is 0 Å². The number of esters is 1. The van der Waals surface area contributed by atoms with Crippen LogP contribution in [0.4, 0.5) is 24.5 Å². The number of ether oxygens (including phenoxy) is 1. The van der Waals surface area contributed by atoms with Crippen LogP contribution in [0.1, 0.15) is 42.9 Å². The van der Waals surface area contributed by atoms with Gasteiger partial charge in [0, 0.05) is 37.6 Å². The van der Waals surface area contributed by atoms with Crippen molar-refractivity contribution in [3.8, 4) is 11.8 Å². The van der Waals surface area contributed by atoms with Crippen molar-refractivity contribution in [1.29, 1.82) is 0 Å². The maximum absolute atomic E-state index is 13.2. The number of benzene rings is 2. The van der Waals surface area contributed by atoms with Crippen molar-refractivity contribution in [1.82, 2.24) is 0 Å².